The number of benzene rings is 1. The Kier molecular flexibility index (Phi) is 7.64. The highest BCUT2D eigenvalue weighted by Gasteiger charge is 2.17. The van der Waals surface area contributed by atoms with Crippen molar-refractivity contribution in [2.45, 2.75) is 6.54 Å². The van der Waals surface area contributed by atoms with Gasteiger partial charge in [0.25, 0.3) is 0 Å². The lowest BCUT2D eigenvalue weighted by Gasteiger charge is -2.34. The number of hydrogen-bond donors (Lipinski definition) is 3. The van der Waals surface area contributed by atoms with Crippen LogP contribution >= 0.6 is 0 Å². The van der Waals surface area contributed by atoms with Gasteiger partial charge in [0, 0.05) is 68.1 Å². The number of nitrogens with zero attached hydrogens (tertiary/aromatic N) is 7. The van der Waals surface area contributed by atoms with Crippen molar-refractivity contribution in [3.63, 3.8) is 0 Å². The predicted octanol–water partition coefficient (Wildman–Crippen LogP) is 3.21. The molecule has 5 aromatic rings. The third kappa shape index (κ3) is 5.52. The normalized spacial score (nSPS) is 14.3. The fourth-order valence-electron chi connectivity index (χ4n) is 4.71. The van der Waals surface area contributed by atoms with Crippen LogP contribution in [0.15, 0.2) is 48.9 Å². The molecule has 0 saturated carbocycles. The summed E-state index contributed by atoms with van der Waals surface area (Å²) in [6.07, 6.45) is 5.64. The second-order valence-corrected chi connectivity index (χ2v) is 10.1. The standard InChI is InChI=1S/C26H29N9.C2H7N/c1-33(2)16-17-10-18(14-27-13-17)19-11-21-24(31-32-25(21)28-15-19)26-29-22-5-4-20(12-23(22)30-26)35-8-6-34(3)7-9-35;1-3-2/h4-5,10-15H,6-9,16H2,1-3H3,(H,29,30)(H,28,31,32);3H,1-2H3. The topological polar surface area (TPSA) is 105 Å². The highest BCUT2D eigenvalue weighted by molar-refractivity contribution is 5.93. The smallest absolute Gasteiger partial charge is 0.181 e. The summed E-state index contributed by atoms with van der Waals surface area (Å²) in [6.45, 7) is 5.06. The molecule has 10 nitrogen and oxygen atoms in total. The molecule has 1 aromatic carbocycles. The Morgan fingerprint density at radius 1 is 0.974 bits per heavy atom. The van der Waals surface area contributed by atoms with Crippen molar-refractivity contribution in [3.8, 4) is 22.6 Å². The molecule has 1 saturated heterocycles. The Morgan fingerprint density at radius 2 is 1.74 bits per heavy atom. The summed E-state index contributed by atoms with van der Waals surface area (Å²) in [5, 5.41) is 11.2. The van der Waals surface area contributed by atoms with E-state index in [1.165, 1.54) is 5.69 Å². The van der Waals surface area contributed by atoms with Crippen LogP contribution < -0.4 is 10.2 Å². The monoisotopic (exact) mass is 512 g/mol. The highest BCUT2D eigenvalue weighted by Crippen LogP contribution is 2.30. The molecule has 4 aromatic heterocycles. The number of anilines is 1. The lowest BCUT2D eigenvalue weighted by atomic mass is 10.1. The zero-order chi connectivity index (χ0) is 26.6. The van der Waals surface area contributed by atoms with Gasteiger partial charge in [0.2, 0.25) is 0 Å². The minimum Gasteiger partial charge on any atom is -0.369 e. The largest absolute Gasteiger partial charge is 0.369 e. The number of rotatable bonds is 5. The fraction of sp³-hybridized carbons (Fsp3) is 0.357. The molecule has 1 aliphatic rings. The molecule has 5 heterocycles. The first kappa shape index (κ1) is 25.8. The van der Waals surface area contributed by atoms with Gasteiger partial charge in [0.15, 0.2) is 11.5 Å². The number of fused-ring (bicyclic) bond motifs is 2. The number of nitrogens with one attached hydrogen (secondary N) is 3. The van der Waals surface area contributed by atoms with Gasteiger partial charge in [-0.1, -0.05) is 0 Å². The van der Waals surface area contributed by atoms with Crippen molar-refractivity contribution in [1.29, 1.82) is 0 Å². The van der Waals surface area contributed by atoms with Crippen LogP contribution in [-0.2, 0) is 6.54 Å². The predicted molar refractivity (Wildman–Crippen MR) is 154 cm³/mol. The number of aromatic amines is 2. The van der Waals surface area contributed by atoms with E-state index in [2.05, 4.69) is 96.6 Å². The summed E-state index contributed by atoms with van der Waals surface area (Å²) in [7, 11) is 10.0. The molecule has 6 rings (SSSR count). The molecule has 1 aliphatic heterocycles. The van der Waals surface area contributed by atoms with Crippen molar-refractivity contribution in [3.05, 3.63) is 54.5 Å². The first-order chi connectivity index (χ1) is 18.4. The van der Waals surface area contributed by atoms with Crippen LogP contribution in [-0.4, -0.2) is 101 Å². The zero-order valence-electron chi connectivity index (χ0n) is 22.8. The van der Waals surface area contributed by atoms with Gasteiger partial charge in [-0.05, 0) is 71.1 Å². The Balaban J connectivity index is 0.000000937. The van der Waals surface area contributed by atoms with Gasteiger partial charge < -0.3 is 25.0 Å². The number of imidazole rings is 1. The van der Waals surface area contributed by atoms with Crippen LogP contribution in [0.5, 0.6) is 0 Å². The third-order valence-electron chi connectivity index (χ3n) is 6.61. The Labute approximate surface area is 223 Å². The maximum absolute atomic E-state index is 4.85. The molecule has 38 heavy (non-hydrogen) atoms. The number of hydrogen-bond acceptors (Lipinski definition) is 8. The van der Waals surface area contributed by atoms with Gasteiger partial charge in [-0.25, -0.2) is 9.97 Å². The highest BCUT2D eigenvalue weighted by atomic mass is 15.2. The van der Waals surface area contributed by atoms with Gasteiger partial charge in [-0.2, -0.15) is 5.10 Å². The Morgan fingerprint density at radius 3 is 2.50 bits per heavy atom. The van der Waals surface area contributed by atoms with E-state index in [4.69, 9.17) is 4.98 Å². The number of likely N-dealkylation sites (N-methyl/N-ethyl adjacent to an activating group) is 1. The Bertz CT molecular complexity index is 1510. The summed E-state index contributed by atoms with van der Waals surface area (Å²) in [5.74, 6) is 0.761. The van der Waals surface area contributed by atoms with E-state index in [0.717, 1.165) is 77.4 Å². The molecule has 0 unspecified atom stereocenters. The van der Waals surface area contributed by atoms with Gasteiger partial charge in [0.1, 0.15) is 5.69 Å². The first-order valence-corrected chi connectivity index (χ1v) is 12.9. The molecular formula is C28H36N10. The molecule has 0 spiro atoms. The summed E-state index contributed by atoms with van der Waals surface area (Å²) in [4.78, 5) is 24.3. The fourth-order valence-corrected chi connectivity index (χ4v) is 4.71. The van der Waals surface area contributed by atoms with E-state index in [-0.39, 0.29) is 0 Å². The van der Waals surface area contributed by atoms with Crippen molar-refractivity contribution in [1.82, 2.24) is 45.2 Å². The average Bonchev–Trinajstić information content (AvgIpc) is 3.52. The van der Waals surface area contributed by atoms with E-state index < -0.39 is 0 Å². The average molecular weight is 513 g/mol. The van der Waals surface area contributed by atoms with E-state index in [1.54, 1.807) is 0 Å². The minimum atomic E-state index is 0.666. The van der Waals surface area contributed by atoms with Gasteiger partial charge >= 0.3 is 0 Å². The molecular weight excluding hydrogens is 476 g/mol. The summed E-state index contributed by atoms with van der Waals surface area (Å²) < 4.78 is 0. The minimum absolute atomic E-state index is 0.666. The molecule has 1 fully saturated rings. The van der Waals surface area contributed by atoms with Crippen LogP contribution in [0.2, 0.25) is 0 Å². The summed E-state index contributed by atoms with van der Waals surface area (Å²) in [5.41, 5.74) is 7.88. The van der Waals surface area contributed by atoms with E-state index in [9.17, 15) is 0 Å². The van der Waals surface area contributed by atoms with E-state index >= 15 is 0 Å². The molecule has 0 amide bonds. The molecule has 10 heteroatoms. The van der Waals surface area contributed by atoms with E-state index in [1.807, 2.05) is 32.7 Å². The van der Waals surface area contributed by atoms with Gasteiger partial charge in [0.05, 0.1) is 16.4 Å². The lowest BCUT2D eigenvalue weighted by molar-refractivity contribution is 0.313. The zero-order valence-corrected chi connectivity index (χ0v) is 22.8. The van der Waals surface area contributed by atoms with Gasteiger partial charge in [-0.15, -0.1) is 0 Å². The quantitative estimate of drug-likeness (QED) is 0.330. The Hall–Kier alpha value is -3.86. The second-order valence-electron chi connectivity index (χ2n) is 10.1. The third-order valence-corrected chi connectivity index (χ3v) is 6.61. The number of H-pyrrole nitrogens is 2. The van der Waals surface area contributed by atoms with Crippen LogP contribution in [0.25, 0.3) is 44.7 Å². The number of aromatic nitrogens is 6. The lowest BCUT2D eigenvalue weighted by Crippen LogP contribution is -2.44. The van der Waals surface area contributed by atoms with Crippen LogP contribution in [0.4, 0.5) is 5.69 Å². The van der Waals surface area contributed by atoms with Crippen LogP contribution in [0.1, 0.15) is 5.56 Å². The molecule has 0 radical (unpaired) electrons. The van der Waals surface area contributed by atoms with Crippen molar-refractivity contribution < 1.29 is 0 Å². The molecule has 0 atom stereocenters. The summed E-state index contributed by atoms with van der Waals surface area (Å²) >= 11 is 0. The second kappa shape index (κ2) is 11.3. The maximum atomic E-state index is 4.85. The molecule has 0 bridgehead atoms. The molecule has 3 N–H and O–H groups in total. The number of pyridine rings is 2. The van der Waals surface area contributed by atoms with E-state index in [0.29, 0.717) is 5.65 Å². The SMILES string of the molecule is CN(C)Cc1cncc(-c2cnc3n[nH]c(-c4nc5ccc(N6CCN(C)CC6)cc5[nH]4)c3c2)c1.CNC. The van der Waals surface area contributed by atoms with Gasteiger partial charge in [-0.3, -0.25) is 10.1 Å². The first-order valence-electron chi connectivity index (χ1n) is 12.9. The van der Waals surface area contributed by atoms with Crippen molar-refractivity contribution in [2.75, 3.05) is 66.3 Å². The number of piperazine rings is 1. The maximum Gasteiger partial charge on any atom is 0.181 e. The molecule has 198 valence electrons. The van der Waals surface area contributed by atoms with Crippen molar-refractivity contribution >= 4 is 27.8 Å². The summed E-state index contributed by atoms with van der Waals surface area (Å²) in [6, 6.07) is 10.7. The van der Waals surface area contributed by atoms with Crippen molar-refractivity contribution in [2.24, 2.45) is 0 Å². The van der Waals surface area contributed by atoms with Crippen LogP contribution in [0.3, 0.4) is 0 Å². The van der Waals surface area contributed by atoms with Crippen LogP contribution in [0, 0.1) is 0 Å². The molecule has 0 aliphatic carbocycles.